The van der Waals surface area contributed by atoms with E-state index in [1.165, 1.54) is 31.5 Å². The molecule has 3 heteroatoms. The van der Waals surface area contributed by atoms with Crippen LogP contribution in [-0.4, -0.2) is 24.5 Å². The van der Waals surface area contributed by atoms with Crippen molar-refractivity contribution in [2.75, 3.05) is 19.6 Å². The van der Waals surface area contributed by atoms with E-state index >= 15 is 0 Å². The molecule has 0 aromatic heterocycles. The van der Waals surface area contributed by atoms with Gasteiger partial charge in [0.25, 0.3) is 0 Å². The summed E-state index contributed by atoms with van der Waals surface area (Å²) in [6.45, 7) is 3.88. The van der Waals surface area contributed by atoms with Gasteiger partial charge >= 0.3 is 0 Å². The minimum absolute atomic E-state index is 0.0541. The normalized spacial score (nSPS) is 16.6. The van der Waals surface area contributed by atoms with Crippen LogP contribution in [-0.2, 0) is 6.61 Å². The molecule has 0 amide bonds. The van der Waals surface area contributed by atoms with Gasteiger partial charge in [0.15, 0.2) is 0 Å². The molecule has 0 unspecified atom stereocenters. The van der Waals surface area contributed by atoms with Crippen LogP contribution in [0, 0.1) is 0 Å². The van der Waals surface area contributed by atoms with E-state index in [0.717, 1.165) is 17.9 Å². The van der Waals surface area contributed by atoms with Gasteiger partial charge < -0.3 is 15.4 Å². The molecule has 3 nitrogen and oxygen atoms in total. The zero-order valence-corrected chi connectivity index (χ0v) is 12.9. The zero-order valence-electron chi connectivity index (χ0n) is 12.9. The Bertz CT molecular complexity index is 579. The van der Waals surface area contributed by atoms with Crippen LogP contribution in [0.3, 0.4) is 0 Å². The van der Waals surface area contributed by atoms with E-state index in [9.17, 15) is 0 Å². The summed E-state index contributed by atoms with van der Waals surface area (Å²) in [6.07, 6.45) is 2.60. The van der Waals surface area contributed by atoms with Crippen LogP contribution >= 0.6 is 0 Å². The average Bonchev–Trinajstić information content (AvgIpc) is 3.07. The molecule has 1 saturated heterocycles. The van der Waals surface area contributed by atoms with Gasteiger partial charge in [-0.15, -0.1) is 0 Å². The number of likely N-dealkylation sites (tertiary alicyclic amines) is 1. The molecule has 0 spiro atoms. The molecular weight excluding hydrogens is 272 g/mol. The lowest BCUT2D eigenvalue weighted by atomic mass is 10.1. The van der Waals surface area contributed by atoms with Gasteiger partial charge in [-0.2, -0.15) is 0 Å². The average molecular weight is 296 g/mol. The molecule has 0 radical (unpaired) electrons. The minimum atomic E-state index is 0.0541. The Morgan fingerprint density at radius 3 is 2.55 bits per heavy atom. The monoisotopic (exact) mass is 296 g/mol. The summed E-state index contributed by atoms with van der Waals surface area (Å²) in [7, 11) is 0. The number of benzene rings is 2. The van der Waals surface area contributed by atoms with Crippen molar-refractivity contribution in [2.24, 2.45) is 5.73 Å². The molecule has 1 aliphatic rings. The van der Waals surface area contributed by atoms with E-state index in [4.69, 9.17) is 10.5 Å². The maximum absolute atomic E-state index is 6.35. The molecule has 1 heterocycles. The Kier molecular flexibility index (Phi) is 5.09. The molecule has 116 valence electrons. The van der Waals surface area contributed by atoms with Crippen LogP contribution in [0.2, 0.25) is 0 Å². The first-order valence-electron chi connectivity index (χ1n) is 8.06. The summed E-state index contributed by atoms with van der Waals surface area (Å²) in [5.74, 6) is 0.887. The molecule has 0 saturated carbocycles. The van der Waals surface area contributed by atoms with E-state index in [-0.39, 0.29) is 6.04 Å². The predicted molar refractivity (Wildman–Crippen MR) is 89.8 cm³/mol. The molecular formula is C19H24N2O. The van der Waals surface area contributed by atoms with E-state index in [1.807, 2.05) is 30.3 Å². The number of nitrogens with zero attached hydrogens (tertiary/aromatic N) is 1. The molecule has 0 aliphatic carbocycles. The first-order valence-corrected chi connectivity index (χ1v) is 8.06. The number of hydrogen-bond donors (Lipinski definition) is 1. The number of rotatable bonds is 6. The quantitative estimate of drug-likeness (QED) is 0.888. The van der Waals surface area contributed by atoms with Crippen molar-refractivity contribution in [3.8, 4) is 5.75 Å². The second-order valence-electron chi connectivity index (χ2n) is 5.96. The minimum Gasteiger partial charge on any atom is -0.489 e. The maximum Gasteiger partial charge on any atom is 0.120 e. The third kappa shape index (κ3) is 4.09. The highest BCUT2D eigenvalue weighted by Crippen LogP contribution is 2.21. The van der Waals surface area contributed by atoms with E-state index in [1.54, 1.807) is 0 Å². The predicted octanol–water partition coefficient (Wildman–Crippen LogP) is 3.36. The fourth-order valence-electron chi connectivity index (χ4n) is 2.92. The summed E-state index contributed by atoms with van der Waals surface area (Å²) >= 11 is 0. The Balaban J connectivity index is 1.59. The standard InChI is InChI=1S/C19H24N2O/c20-19(14-21-11-4-5-12-21)17-9-6-10-18(13-17)22-15-16-7-2-1-3-8-16/h1-3,6-10,13,19H,4-5,11-12,14-15,20H2/t19-/m1/s1. The smallest absolute Gasteiger partial charge is 0.120 e. The second kappa shape index (κ2) is 7.43. The lowest BCUT2D eigenvalue weighted by molar-refractivity contribution is 0.302. The lowest BCUT2D eigenvalue weighted by Gasteiger charge is -2.20. The van der Waals surface area contributed by atoms with Crippen molar-refractivity contribution >= 4 is 0 Å². The number of hydrogen-bond acceptors (Lipinski definition) is 3. The van der Waals surface area contributed by atoms with Crippen LogP contribution in [0.15, 0.2) is 54.6 Å². The van der Waals surface area contributed by atoms with Crippen LogP contribution in [0.1, 0.15) is 30.0 Å². The van der Waals surface area contributed by atoms with Crippen molar-refractivity contribution in [1.82, 2.24) is 4.90 Å². The SMILES string of the molecule is N[C@H](CN1CCCC1)c1cccc(OCc2ccccc2)c1. The van der Waals surface area contributed by atoms with Gasteiger partial charge in [-0.05, 0) is 49.2 Å². The highest BCUT2D eigenvalue weighted by atomic mass is 16.5. The first-order chi connectivity index (χ1) is 10.8. The van der Waals surface area contributed by atoms with Gasteiger partial charge in [0.1, 0.15) is 12.4 Å². The van der Waals surface area contributed by atoms with Crippen molar-refractivity contribution in [2.45, 2.75) is 25.5 Å². The molecule has 2 N–H and O–H groups in total. The van der Waals surface area contributed by atoms with E-state index < -0.39 is 0 Å². The highest BCUT2D eigenvalue weighted by molar-refractivity contribution is 5.31. The van der Waals surface area contributed by atoms with Gasteiger partial charge in [0.05, 0.1) is 0 Å². The molecule has 22 heavy (non-hydrogen) atoms. The summed E-state index contributed by atoms with van der Waals surface area (Å²) in [4.78, 5) is 2.45. The van der Waals surface area contributed by atoms with Crippen LogP contribution < -0.4 is 10.5 Å². The molecule has 0 bridgehead atoms. The maximum atomic E-state index is 6.35. The van der Waals surface area contributed by atoms with Gasteiger partial charge in [-0.1, -0.05) is 42.5 Å². The fourth-order valence-corrected chi connectivity index (χ4v) is 2.92. The third-order valence-electron chi connectivity index (χ3n) is 4.19. The Morgan fingerprint density at radius 2 is 1.77 bits per heavy atom. The lowest BCUT2D eigenvalue weighted by Crippen LogP contribution is -2.29. The topological polar surface area (TPSA) is 38.5 Å². The Morgan fingerprint density at radius 1 is 1.00 bits per heavy atom. The summed E-state index contributed by atoms with van der Waals surface area (Å²) in [5.41, 5.74) is 8.68. The van der Waals surface area contributed by atoms with Gasteiger partial charge in [-0.3, -0.25) is 0 Å². The molecule has 2 aromatic rings. The van der Waals surface area contributed by atoms with Crippen molar-refractivity contribution in [1.29, 1.82) is 0 Å². The van der Waals surface area contributed by atoms with Gasteiger partial charge in [0, 0.05) is 12.6 Å². The second-order valence-corrected chi connectivity index (χ2v) is 5.96. The van der Waals surface area contributed by atoms with E-state index in [0.29, 0.717) is 6.61 Å². The molecule has 2 aromatic carbocycles. The molecule has 1 fully saturated rings. The molecule has 1 aliphatic heterocycles. The number of ether oxygens (including phenoxy) is 1. The first kappa shape index (κ1) is 15.1. The molecule has 3 rings (SSSR count). The van der Waals surface area contributed by atoms with Gasteiger partial charge in [0.2, 0.25) is 0 Å². The van der Waals surface area contributed by atoms with Crippen LogP contribution in [0.5, 0.6) is 5.75 Å². The van der Waals surface area contributed by atoms with Crippen LogP contribution in [0.25, 0.3) is 0 Å². The fraction of sp³-hybridized carbons (Fsp3) is 0.368. The summed E-state index contributed by atoms with van der Waals surface area (Å²) in [5, 5.41) is 0. The summed E-state index contributed by atoms with van der Waals surface area (Å²) < 4.78 is 5.88. The highest BCUT2D eigenvalue weighted by Gasteiger charge is 2.16. The molecule has 1 atom stereocenters. The Labute approximate surface area is 132 Å². The van der Waals surface area contributed by atoms with Crippen molar-refractivity contribution in [3.63, 3.8) is 0 Å². The van der Waals surface area contributed by atoms with E-state index in [2.05, 4.69) is 29.2 Å². The summed E-state index contributed by atoms with van der Waals surface area (Å²) in [6, 6.07) is 18.5. The van der Waals surface area contributed by atoms with Crippen molar-refractivity contribution < 1.29 is 4.74 Å². The van der Waals surface area contributed by atoms with Crippen molar-refractivity contribution in [3.05, 3.63) is 65.7 Å². The largest absolute Gasteiger partial charge is 0.489 e. The zero-order chi connectivity index (χ0) is 15.2. The third-order valence-corrected chi connectivity index (χ3v) is 4.19. The van der Waals surface area contributed by atoms with Gasteiger partial charge in [-0.25, -0.2) is 0 Å². The Hall–Kier alpha value is -1.84. The number of nitrogens with two attached hydrogens (primary N) is 1. The van der Waals surface area contributed by atoms with Crippen LogP contribution in [0.4, 0.5) is 0 Å².